The van der Waals surface area contributed by atoms with E-state index in [9.17, 15) is 17.6 Å². The second kappa shape index (κ2) is 9.39. The van der Waals surface area contributed by atoms with Gasteiger partial charge in [-0.25, -0.2) is 27.5 Å². The van der Waals surface area contributed by atoms with E-state index < -0.39 is 23.3 Å². The smallest absolute Gasteiger partial charge is 0.167 e. The van der Waals surface area contributed by atoms with Gasteiger partial charge in [-0.3, -0.25) is 0 Å². The van der Waals surface area contributed by atoms with Crippen LogP contribution in [0.1, 0.15) is 73.4 Å². The van der Waals surface area contributed by atoms with Gasteiger partial charge >= 0.3 is 0 Å². The van der Waals surface area contributed by atoms with Crippen LogP contribution < -0.4 is 0 Å². The Balaban J connectivity index is 1.51. The van der Waals surface area contributed by atoms with Crippen molar-refractivity contribution in [3.63, 3.8) is 0 Å². The van der Waals surface area contributed by atoms with Crippen molar-refractivity contribution in [1.82, 2.24) is 9.97 Å². The molecule has 1 heterocycles. The van der Waals surface area contributed by atoms with E-state index in [0.717, 1.165) is 12.8 Å². The third kappa shape index (κ3) is 4.27. The Bertz CT molecular complexity index is 1100. The van der Waals surface area contributed by atoms with Gasteiger partial charge in [0.1, 0.15) is 5.82 Å². The summed E-state index contributed by atoms with van der Waals surface area (Å²) in [6, 6.07) is 6.44. The molecule has 1 aliphatic rings. The van der Waals surface area contributed by atoms with Gasteiger partial charge in [0.05, 0.1) is 0 Å². The quantitative estimate of drug-likeness (QED) is 0.385. The van der Waals surface area contributed by atoms with E-state index in [1.807, 2.05) is 6.92 Å². The molecular formula is C26H26F4N2. The fraction of sp³-hybridized carbons (Fsp3) is 0.385. The van der Waals surface area contributed by atoms with Gasteiger partial charge in [-0.1, -0.05) is 31.2 Å². The Morgan fingerprint density at radius 3 is 1.84 bits per heavy atom. The SMILES string of the molecule is CCCc1ncc(-c2ccc(C3CCC(c4ccc(C)c(F)c4F)CC3)c(F)c2F)cn1. The van der Waals surface area contributed by atoms with Gasteiger partial charge in [0.2, 0.25) is 0 Å². The van der Waals surface area contributed by atoms with Gasteiger partial charge in [-0.2, -0.15) is 0 Å². The van der Waals surface area contributed by atoms with Crippen molar-refractivity contribution in [2.24, 2.45) is 0 Å². The van der Waals surface area contributed by atoms with Gasteiger partial charge < -0.3 is 0 Å². The Morgan fingerprint density at radius 2 is 1.28 bits per heavy atom. The monoisotopic (exact) mass is 442 g/mol. The van der Waals surface area contributed by atoms with Crippen LogP contribution in [0.3, 0.4) is 0 Å². The molecule has 0 aliphatic heterocycles. The maximum absolute atomic E-state index is 15.0. The fourth-order valence-electron chi connectivity index (χ4n) is 4.64. The number of nitrogens with zero attached hydrogens (tertiary/aromatic N) is 2. The van der Waals surface area contributed by atoms with Crippen LogP contribution in [0, 0.1) is 30.2 Å². The Morgan fingerprint density at radius 1 is 0.750 bits per heavy atom. The lowest BCUT2D eigenvalue weighted by atomic mass is 9.75. The third-order valence-corrected chi connectivity index (χ3v) is 6.51. The molecule has 1 aliphatic carbocycles. The van der Waals surface area contributed by atoms with Crippen LogP contribution in [0.2, 0.25) is 0 Å². The van der Waals surface area contributed by atoms with Crippen LogP contribution in [0.15, 0.2) is 36.7 Å². The topological polar surface area (TPSA) is 25.8 Å². The number of rotatable bonds is 5. The van der Waals surface area contributed by atoms with Gasteiger partial charge in [0.25, 0.3) is 0 Å². The van der Waals surface area contributed by atoms with Crippen LogP contribution >= 0.6 is 0 Å². The van der Waals surface area contributed by atoms with Crippen molar-refractivity contribution in [2.75, 3.05) is 0 Å². The third-order valence-electron chi connectivity index (χ3n) is 6.51. The summed E-state index contributed by atoms with van der Waals surface area (Å²) in [5.74, 6) is -2.94. The summed E-state index contributed by atoms with van der Waals surface area (Å²) >= 11 is 0. The zero-order chi connectivity index (χ0) is 22.8. The number of hydrogen-bond acceptors (Lipinski definition) is 2. The first-order valence-corrected chi connectivity index (χ1v) is 11.1. The standard InChI is InChI=1S/C26H26F4N2/c1-3-4-22-31-13-18(14-32-22)21-12-11-20(25(29)26(21)30)17-8-6-16(7-9-17)19-10-5-15(2)23(27)24(19)28/h5,10-14,16-17H,3-4,6-9H2,1-2H3. The van der Waals surface area contributed by atoms with Crippen molar-refractivity contribution in [3.05, 3.63) is 82.4 Å². The van der Waals surface area contributed by atoms with E-state index in [1.54, 1.807) is 24.3 Å². The molecular weight excluding hydrogens is 416 g/mol. The molecule has 0 bridgehead atoms. The molecule has 0 saturated heterocycles. The highest BCUT2D eigenvalue weighted by molar-refractivity contribution is 5.63. The number of aromatic nitrogens is 2. The molecule has 1 aromatic heterocycles. The molecule has 0 unspecified atom stereocenters. The average molecular weight is 443 g/mol. The van der Waals surface area contributed by atoms with Crippen molar-refractivity contribution < 1.29 is 17.6 Å². The average Bonchev–Trinajstić information content (AvgIpc) is 2.81. The number of benzene rings is 2. The normalized spacial score (nSPS) is 18.7. The van der Waals surface area contributed by atoms with E-state index in [4.69, 9.17) is 0 Å². The second-order valence-corrected chi connectivity index (χ2v) is 8.62. The number of aryl methyl sites for hydroxylation is 2. The molecule has 1 saturated carbocycles. The molecule has 1 fully saturated rings. The predicted octanol–water partition coefficient (Wildman–Crippen LogP) is 7.40. The fourth-order valence-corrected chi connectivity index (χ4v) is 4.64. The first kappa shape index (κ1) is 22.4. The van der Waals surface area contributed by atoms with Crippen LogP contribution in [-0.2, 0) is 6.42 Å². The molecule has 0 N–H and O–H groups in total. The summed E-state index contributed by atoms with van der Waals surface area (Å²) in [4.78, 5) is 8.45. The summed E-state index contributed by atoms with van der Waals surface area (Å²) in [6.45, 7) is 3.56. The zero-order valence-corrected chi connectivity index (χ0v) is 18.3. The Hall–Kier alpha value is -2.76. The largest absolute Gasteiger partial charge is 0.241 e. The molecule has 2 nitrogen and oxygen atoms in total. The first-order chi connectivity index (χ1) is 15.4. The highest BCUT2D eigenvalue weighted by Crippen LogP contribution is 2.43. The molecule has 2 aromatic carbocycles. The lowest BCUT2D eigenvalue weighted by Crippen LogP contribution is -2.15. The number of hydrogen-bond donors (Lipinski definition) is 0. The number of halogens is 4. The highest BCUT2D eigenvalue weighted by atomic mass is 19.2. The van der Waals surface area contributed by atoms with Gasteiger partial charge in [-0.05, 0) is 67.6 Å². The molecule has 0 amide bonds. The van der Waals surface area contributed by atoms with Crippen molar-refractivity contribution >= 4 is 0 Å². The van der Waals surface area contributed by atoms with Gasteiger partial charge in [0, 0.05) is 29.9 Å². The molecule has 6 heteroatoms. The van der Waals surface area contributed by atoms with E-state index >= 15 is 0 Å². The first-order valence-electron chi connectivity index (χ1n) is 11.1. The van der Waals surface area contributed by atoms with Crippen LogP contribution in [0.5, 0.6) is 0 Å². The summed E-state index contributed by atoms with van der Waals surface area (Å²) < 4.78 is 58.2. The summed E-state index contributed by atoms with van der Waals surface area (Å²) in [5, 5.41) is 0. The predicted molar refractivity (Wildman–Crippen MR) is 116 cm³/mol. The molecule has 0 radical (unpaired) electrons. The van der Waals surface area contributed by atoms with E-state index in [0.29, 0.717) is 48.2 Å². The van der Waals surface area contributed by atoms with E-state index in [-0.39, 0.29) is 23.0 Å². The molecule has 3 aromatic rings. The summed E-state index contributed by atoms with van der Waals surface area (Å²) in [5.41, 5.74) is 1.57. The minimum Gasteiger partial charge on any atom is -0.241 e. The molecule has 32 heavy (non-hydrogen) atoms. The lowest BCUT2D eigenvalue weighted by molar-refractivity contribution is 0.370. The summed E-state index contributed by atoms with van der Waals surface area (Å²) in [6.07, 6.45) is 7.06. The molecule has 0 spiro atoms. The molecule has 168 valence electrons. The van der Waals surface area contributed by atoms with Crippen molar-refractivity contribution in [2.45, 2.75) is 64.2 Å². The maximum Gasteiger partial charge on any atom is 0.167 e. The maximum atomic E-state index is 15.0. The zero-order valence-electron chi connectivity index (χ0n) is 18.3. The van der Waals surface area contributed by atoms with Crippen molar-refractivity contribution in [1.29, 1.82) is 0 Å². The molecule has 0 atom stereocenters. The van der Waals surface area contributed by atoms with Crippen molar-refractivity contribution in [3.8, 4) is 11.1 Å². The second-order valence-electron chi connectivity index (χ2n) is 8.62. The van der Waals surface area contributed by atoms with Crippen LogP contribution in [-0.4, -0.2) is 9.97 Å². The minimum absolute atomic E-state index is 0.118. The van der Waals surface area contributed by atoms with Gasteiger partial charge in [0.15, 0.2) is 23.3 Å². The van der Waals surface area contributed by atoms with E-state index in [1.165, 1.54) is 19.3 Å². The summed E-state index contributed by atoms with van der Waals surface area (Å²) in [7, 11) is 0. The van der Waals surface area contributed by atoms with Crippen LogP contribution in [0.4, 0.5) is 17.6 Å². The Kier molecular flexibility index (Phi) is 6.58. The van der Waals surface area contributed by atoms with Gasteiger partial charge in [-0.15, -0.1) is 0 Å². The lowest BCUT2D eigenvalue weighted by Gasteiger charge is -2.30. The Labute approximate surface area is 185 Å². The van der Waals surface area contributed by atoms with E-state index in [2.05, 4.69) is 9.97 Å². The minimum atomic E-state index is -0.900. The highest BCUT2D eigenvalue weighted by Gasteiger charge is 2.29. The van der Waals surface area contributed by atoms with Crippen LogP contribution in [0.25, 0.3) is 11.1 Å². The molecule has 4 rings (SSSR count).